The molecule has 0 aliphatic carbocycles. The molecule has 1 aliphatic rings. The topological polar surface area (TPSA) is 53.3 Å². The number of fused-ring (bicyclic) bond motifs is 1. The van der Waals surface area contributed by atoms with E-state index in [0.717, 1.165) is 16.7 Å². The van der Waals surface area contributed by atoms with E-state index in [1.165, 1.54) is 4.90 Å². The van der Waals surface area contributed by atoms with Gasteiger partial charge in [-0.1, -0.05) is 54.6 Å². The molecule has 1 amide bonds. The predicted octanol–water partition coefficient (Wildman–Crippen LogP) is 3.87. The number of carbonyl (C=O) groups excluding carboxylic acids is 1. The number of amides is 1. The second-order valence-electron chi connectivity index (χ2n) is 4.92. The van der Waals surface area contributed by atoms with Gasteiger partial charge < -0.3 is 4.74 Å². The Morgan fingerprint density at radius 1 is 1.14 bits per heavy atom. The first kappa shape index (κ1) is 13.9. The Balaban J connectivity index is 1.75. The van der Waals surface area contributed by atoms with Crippen LogP contribution in [0.1, 0.15) is 22.7 Å². The molecule has 0 saturated heterocycles. The maximum atomic E-state index is 12.3. The maximum absolute atomic E-state index is 12.3. The molecule has 2 aromatic rings. The Bertz CT molecular complexity index is 747. The van der Waals surface area contributed by atoms with Crippen molar-refractivity contribution in [3.05, 3.63) is 77.5 Å². The summed E-state index contributed by atoms with van der Waals surface area (Å²) in [6, 6.07) is 18.5. The van der Waals surface area contributed by atoms with Gasteiger partial charge in [0.2, 0.25) is 0 Å². The van der Waals surface area contributed by atoms with E-state index in [1.54, 1.807) is 6.20 Å². The molecule has 0 N–H and O–H groups in total. The molecule has 0 fully saturated rings. The number of ether oxygens (including phenoxy) is 1. The van der Waals surface area contributed by atoms with Gasteiger partial charge in [-0.25, -0.2) is 4.79 Å². The van der Waals surface area contributed by atoms with Gasteiger partial charge >= 0.3 is 6.09 Å². The number of benzene rings is 2. The third-order valence-corrected chi connectivity index (χ3v) is 3.52. The van der Waals surface area contributed by atoms with Crippen LogP contribution in [0.25, 0.3) is 6.08 Å². The number of hydrogen-bond acceptors (Lipinski definition) is 3. The number of carbonyl (C=O) groups is 1. The number of hydrogen-bond donors (Lipinski definition) is 0. The molecule has 3 rings (SSSR count). The van der Waals surface area contributed by atoms with Crippen LogP contribution in [0, 0.1) is 11.3 Å². The molecule has 1 atom stereocenters. The first-order chi connectivity index (χ1) is 10.8. The molecule has 0 radical (unpaired) electrons. The number of nitrogens with zero attached hydrogens (tertiary/aromatic N) is 2. The highest BCUT2D eigenvalue weighted by atomic mass is 16.6. The first-order valence-electron chi connectivity index (χ1n) is 6.95. The highest BCUT2D eigenvalue weighted by molar-refractivity contribution is 5.74. The second-order valence-corrected chi connectivity index (χ2v) is 4.92. The normalized spacial score (nSPS) is 15.8. The highest BCUT2D eigenvalue weighted by Crippen LogP contribution is 2.30. The van der Waals surface area contributed by atoms with Crippen LogP contribution in [0.2, 0.25) is 0 Å². The summed E-state index contributed by atoms with van der Waals surface area (Å²) >= 11 is 0. The van der Waals surface area contributed by atoms with E-state index in [9.17, 15) is 10.1 Å². The van der Waals surface area contributed by atoms with Crippen LogP contribution >= 0.6 is 0 Å². The van der Waals surface area contributed by atoms with Crippen molar-refractivity contribution in [2.45, 2.75) is 12.6 Å². The summed E-state index contributed by atoms with van der Waals surface area (Å²) < 4.78 is 5.30. The molecule has 4 heteroatoms. The quantitative estimate of drug-likeness (QED) is 0.843. The lowest BCUT2D eigenvalue weighted by Gasteiger charge is -2.27. The Morgan fingerprint density at radius 3 is 2.64 bits per heavy atom. The minimum atomic E-state index is -0.663. The lowest BCUT2D eigenvalue weighted by atomic mass is 9.97. The summed E-state index contributed by atoms with van der Waals surface area (Å²) in [4.78, 5) is 13.6. The SMILES string of the molecule is N#C[C@H]1c2ccccc2C=CN1C(=O)OCc1ccccc1. The molecular weight excluding hydrogens is 276 g/mol. The Kier molecular flexibility index (Phi) is 3.88. The maximum Gasteiger partial charge on any atom is 0.415 e. The van der Waals surface area contributed by atoms with Gasteiger partial charge in [0.15, 0.2) is 6.04 Å². The van der Waals surface area contributed by atoms with E-state index in [1.807, 2.05) is 60.7 Å². The Labute approximate surface area is 128 Å². The van der Waals surface area contributed by atoms with E-state index in [0.29, 0.717) is 0 Å². The van der Waals surface area contributed by atoms with E-state index in [-0.39, 0.29) is 6.61 Å². The van der Waals surface area contributed by atoms with Crippen molar-refractivity contribution >= 4 is 12.2 Å². The molecule has 0 aromatic heterocycles. The summed E-state index contributed by atoms with van der Waals surface area (Å²) in [7, 11) is 0. The average molecular weight is 290 g/mol. The molecule has 4 nitrogen and oxygen atoms in total. The van der Waals surface area contributed by atoms with Crippen molar-refractivity contribution < 1.29 is 9.53 Å². The van der Waals surface area contributed by atoms with Crippen molar-refractivity contribution in [1.29, 1.82) is 5.26 Å². The molecular formula is C18H14N2O2. The minimum Gasteiger partial charge on any atom is -0.444 e. The van der Waals surface area contributed by atoms with Gasteiger partial charge in [0.1, 0.15) is 6.61 Å². The summed E-state index contributed by atoms with van der Waals surface area (Å²) in [6.45, 7) is 0.184. The van der Waals surface area contributed by atoms with E-state index in [4.69, 9.17) is 4.74 Å². The van der Waals surface area contributed by atoms with Crippen LogP contribution < -0.4 is 0 Å². The minimum absolute atomic E-state index is 0.184. The third kappa shape index (κ3) is 2.70. The van der Waals surface area contributed by atoms with Gasteiger partial charge in [0, 0.05) is 6.20 Å². The molecule has 2 aromatic carbocycles. The van der Waals surface area contributed by atoms with E-state index >= 15 is 0 Å². The van der Waals surface area contributed by atoms with E-state index < -0.39 is 12.1 Å². The van der Waals surface area contributed by atoms with Gasteiger partial charge in [-0.05, 0) is 22.8 Å². The molecule has 22 heavy (non-hydrogen) atoms. The zero-order valence-corrected chi connectivity index (χ0v) is 11.8. The Morgan fingerprint density at radius 2 is 1.86 bits per heavy atom. The van der Waals surface area contributed by atoms with Crippen molar-refractivity contribution in [3.63, 3.8) is 0 Å². The van der Waals surface area contributed by atoms with Crippen LogP contribution in [-0.4, -0.2) is 11.0 Å². The van der Waals surface area contributed by atoms with Crippen LogP contribution in [0.5, 0.6) is 0 Å². The number of rotatable bonds is 2. The predicted molar refractivity (Wildman–Crippen MR) is 82.3 cm³/mol. The molecule has 1 aliphatic heterocycles. The monoisotopic (exact) mass is 290 g/mol. The van der Waals surface area contributed by atoms with Crippen LogP contribution in [0.4, 0.5) is 4.79 Å². The fourth-order valence-electron chi connectivity index (χ4n) is 2.40. The van der Waals surface area contributed by atoms with Gasteiger partial charge in [0.05, 0.1) is 6.07 Å². The smallest absolute Gasteiger partial charge is 0.415 e. The first-order valence-corrected chi connectivity index (χ1v) is 6.95. The molecule has 1 heterocycles. The van der Waals surface area contributed by atoms with Crippen LogP contribution in [-0.2, 0) is 11.3 Å². The van der Waals surface area contributed by atoms with Gasteiger partial charge in [-0.2, -0.15) is 5.26 Å². The summed E-state index contributed by atoms with van der Waals surface area (Å²) in [6.07, 6.45) is 2.89. The number of nitriles is 1. The van der Waals surface area contributed by atoms with Crippen molar-refractivity contribution in [2.75, 3.05) is 0 Å². The van der Waals surface area contributed by atoms with Gasteiger partial charge in [0.25, 0.3) is 0 Å². The fraction of sp³-hybridized carbons (Fsp3) is 0.111. The summed E-state index contributed by atoms with van der Waals surface area (Å²) in [5.41, 5.74) is 2.66. The average Bonchev–Trinajstić information content (AvgIpc) is 2.59. The van der Waals surface area contributed by atoms with Crippen LogP contribution in [0.15, 0.2) is 60.8 Å². The molecule has 0 bridgehead atoms. The molecule has 0 saturated carbocycles. The standard InChI is InChI=1S/C18H14N2O2/c19-12-17-16-9-5-4-8-15(16)10-11-20(17)18(21)22-13-14-6-2-1-3-7-14/h1-11,17H,13H2/t17-/m0/s1. The summed E-state index contributed by atoms with van der Waals surface area (Å²) in [5, 5.41) is 9.41. The summed E-state index contributed by atoms with van der Waals surface area (Å²) in [5.74, 6) is 0. The molecule has 108 valence electrons. The van der Waals surface area contributed by atoms with Crippen molar-refractivity contribution in [1.82, 2.24) is 4.90 Å². The van der Waals surface area contributed by atoms with Gasteiger partial charge in [-0.15, -0.1) is 0 Å². The van der Waals surface area contributed by atoms with Crippen LogP contribution in [0.3, 0.4) is 0 Å². The zero-order chi connectivity index (χ0) is 15.4. The second kappa shape index (κ2) is 6.15. The zero-order valence-electron chi connectivity index (χ0n) is 11.8. The van der Waals surface area contributed by atoms with Gasteiger partial charge in [-0.3, -0.25) is 4.90 Å². The van der Waals surface area contributed by atoms with E-state index in [2.05, 4.69) is 6.07 Å². The molecule has 0 spiro atoms. The lowest BCUT2D eigenvalue weighted by Crippen LogP contribution is -2.32. The van der Waals surface area contributed by atoms with Crippen molar-refractivity contribution in [2.24, 2.45) is 0 Å². The largest absolute Gasteiger partial charge is 0.444 e. The van der Waals surface area contributed by atoms with Crippen molar-refractivity contribution in [3.8, 4) is 6.07 Å². The third-order valence-electron chi connectivity index (χ3n) is 3.52. The lowest BCUT2D eigenvalue weighted by molar-refractivity contribution is 0.104. The molecule has 0 unspecified atom stereocenters. The Hall–Kier alpha value is -3.06. The highest BCUT2D eigenvalue weighted by Gasteiger charge is 2.28. The fourth-order valence-corrected chi connectivity index (χ4v) is 2.40.